The van der Waals surface area contributed by atoms with E-state index in [-0.39, 0.29) is 11.2 Å². The molecule has 0 radical (unpaired) electrons. The second-order valence-corrected chi connectivity index (χ2v) is 3.38. The molecule has 0 bridgehead atoms. The summed E-state index contributed by atoms with van der Waals surface area (Å²) in [6.45, 7) is 0. The lowest BCUT2D eigenvalue weighted by Crippen LogP contribution is -2.05. The third-order valence-electron chi connectivity index (χ3n) is 1.35. The highest BCUT2D eigenvalue weighted by atomic mass is 79.9. The monoisotopic (exact) mass is 220 g/mol. The Morgan fingerprint density at radius 3 is 2.90 bits per heavy atom. The van der Waals surface area contributed by atoms with Crippen molar-refractivity contribution in [3.05, 3.63) is 22.7 Å². The summed E-state index contributed by atoms with van der Waals surface area (Å²) < 4.78 is 1.02. The smallest absolute Gasteiger partial charge is 0.228 e. The molecule has 0 spiro atoms. The summed E-state index contributed by atoms with van der Waals surface area (Å²) in [6, 6.07) is 0. The van der Waals surface area contributed by atoms with Crippen LogP contribution >= 0.6 is 27.5 Å². The van der Waals surface area contributed by atoms with Gasteiger partial charge in [0.15, 0.2) is 0 Å². The molecular weight excluding hydrogens is 215 g/mol. The lowest BCUT2D eigenvalue weighted by molar-refractivity contribution is -0.113. The van der Waals surface area contributed by atoms with Crippen molar-refractivity contribution in [3.8, 4) is 0 Å². The summed E-state index contributed by atoms with van der Waals surface area (Å²) in [6.07, 6.45) is 6.29. The van der Waals surface area contributed by atoms with Crippen molar-refractivity contribution < 1.29 is 4.79 Å². The standard InChI is InChI=1S/C7H6BrClO/c8-6-3-1-5(2-4-6)7(9)10/h1,3-5H,2H2. The molecule has 0 aromatic rings. The first-order valence-electron chi connectivity index (χ1n) is 2.93. The second kappa shape index (κ2) is 3.35. The second-order valence-electron chi connectivity index (χ2n) is 2.09. The van der Waals surface area contributed by atoms with Gasteiger partial charge in [-0.3, -0.25) is 4.79 Å². The molecule has 54 valence electrons. The maximum absolute atomic E-state index is 10.6. The first-order chi connectivity index (χ1) is 4.70. The van der Waals surface area contributed by atoms with Crippen LogP contribution in [0.25, 0.3) is 0 Å². The average molecular weight is 221 g/mol. The molecule has 1 atom stereocenters. The average Bonchev–Trinajstić information content (AvgIpc) is 1.88. The summed E-state index contributed by atoms with van der Waals surface area (Å²) in [5.74, 6) is -0.122. The highest BCUT2D eigenvalue weighted by Crippen LogP contribution is 2.21. The Morgan fingerprint density at radius 2 is 2.50 bits per heavy atom. The molecule has 3 heteroatoms. The number of hydrogen-bond acceptors (Lipinski definition) is 1. The van der Waals surface area contributed by atoms with E-state index >= 15 is 0 Å². The number of allylic oxidation sites excluding steroid dienone is 4. The van der Waals surface area contributed by atoms with E-state index in [9.17, 15) is 4.79 Å². The van der Waals surface area contributed by atoms with Crippen LogP contribution in [0.3, 0.4) is 0 Å². The van der Waals surface area contributed by atoms with Crippen LogP contribution in [0.4, 0.5) is 0 Å². The van der Waals surface area contributed by atoms with Gasteiger partial charge in [-0.15, -0.1) is 0 Å². The molecule has 1 aliphatic rings. The Labute approximate surface area is 72.9 Å². The molecule has 1 aliphatic carbocycles. The predicted molar refractivity (Wildman–Crippen MR) is 45.1 cm³/mol. The molecule has 0 heterocycles. The van der Waals surface area contributed by atoms with Gasteiger partial charge in [-0.2, -0.15) is 0 Å². The lowest BCUT2D eigenvalue weighted by atomic mass is 10.0. The number of rotatable bonds is 1. The molecule has 0 aliphatic heterocycles. The summed E-state index contributed by atoms with van der Waals surface area (Å²) in [4.78, 5) is 10.6. The van der Waals surface area contributed by atoms with Crippen molar-refractivity contribution in [2.45, 2.75) is 6.42 Å². The van der Waals surface area contributed by atoms with E-state index in [1.807, 2.05) is 12.2 Å². The van der Waals surface area contributed by atoms with E-state index in [1.165, 1.54) is 0 Å². The highest BCUT2D eigenvalue weighted by Gasteiger charge is 2.13. The van der Waals surface area contributed by atoms with Gasteiger partial charge >= 0.3 is 0 Å². The topological polar surface area (TPSA) is 17.1 Å². The minimum absolute atomic E-state index is 0.122. The maximum atomic E-state index is 10.6. The molecule has 10 heavy (non-hydrogen) atoms. The largest absolute Gasteiger partial charge is 0.281 e. The number of carbonyl (C=O) groups is 1. The van der Waals surface area contributed by atoms with Gasteiger partial charge in [0, 0.05) is 4.48 Å². The van der Waals surface area contributed by atoms with Crippen molar-refractivity contribution in [1.29, 1.82) is 0 Å². The Hall–Kier alpha value is -0.0800. The number of halogens is 2. The van der Waals surface area contributed by atoms with Gasteiger partial charge in [-0.25, -0.2) is 0 Å². The lowest BCUT2D eigenvalue weighted by Gasteiger charge is -2.07. The Bertz CT molecular complexity index is 208. The van der Waals surface area contributed by atoms with Gasteiger partial charge in [0.1, 0.15) is 0 Å². The maximum Gasteiger partial charge on any atom is 0.228 e. The Balaban J connectivity index is 2.60. The third kappa shape index (κ3) is 1.96. The van der Waals surface area contributed by atoms with Crippen LogP contribution in [-0.2, 0) is 4.79 Å². The molecule has 1 unspecified atom stereocenters. The van der Waals surface area contributed by atoms with E-state index in [2.05, 4.69) is 15.9 Å². The molecule has 0 saturated heterocycles. The van der Waals surface area contributed by atoms with Gasteiger partial charge < -0.3 is 0 Å². The molecule has 0 aromatic heterocycles. The zero-order valence-electron chi connectivity index (χ0n) is 5.18. The minimum Gasteiger partial charge on any atom is -0.281 e. The van der Waals surface area contributed by atoms with E-state index in [0.717, 1.165) is 4.48 Å². The van der Waals surface area contributed by atoms with E-state index in [1.54, 1.807) is 6.08 Å². The van der Waals surface area contributed by atoms with Crippen LogP contribution in [-0.4, -0.2) is 5.24 Å². The molecule has 0 amide bonds. The first-order valence-corrected chi connectivity index (χ1v) is 4.10. The minimum atomic E-state index is -0.285. The quantitative estimate of drug-likeness (QED) is 0.622. The van der Waals surface area contributed by atoms with Gasteiger partial charge in [0.25, 0.3) is 0 Å². The number of hydrogen-bond donors (Lipinski definition) is 0. The molecular formula is C7H6BrClO. The molecule has 1 nitrogen and oxygen atoms in total. The summed E-state index contributed by atoms with van der Waals surface area (Å²) in [5.41, 5.74) is 0. The van der Waals surface area contributed by atoms with E-state index < -0.39 is 0 Å². The van der Waals surface area contributed by atoms with Gasteiger partial charge in [0.05, 0.1) is 5.92 Å². The van der Waals surface area contributed by atoms with Gasteiger partial charge in [-0.1, -0.05) is 34.2 Å². The van der Waals surface area contributed by atoms with E-state index in [0.29, 0.717) is 6.42 Å². The van der Waals surface area contributed by atoms with Crippen LogP contribution in [0.2, 0.25) is 0 Å². The fourth-order valence-corrected chi connectivity index (χ4v) is 1.26. The zero-order valence-corrected chi connectivity index (χ0v) is 7.52. The van der Waals surface area contributed by atoms with Crippen LogP contribution in [0.1, 0.15) is 6.42 Å². The summed E-state index contributed by atoms with van der Waals surface area (Å²) >= 11 is 8.55. The van der Waals surface area contributed by atoms with Crippen molar-refractivity contribution in [2.24, 2.45) is 5.92 Å². The van der Waals surface area contributed by atoms with Crippen molar-refractivity contribution in [1.82, 2.24) is 0 Å². The fraction of sp³-hybridized carbons (Fsp3) is 0.286. The van der Waals surface area contributed by atoms with Crippen LogP contribution < -0.4 is 0 Å². The van der Waals surface area contributed by atoms with E-state index in [4.69, 9.17) is 11.6 Å². The predicted octanol–water partition coefficient (Wildman–Crippen LogP) is 2.61. The normalized spacial score (nSPS) is 24.2. The van der Waals surface area contributed by atoms with Crippen LogP contribution in [0, 0.1) is 5.92 Å². The summed E-state index contributed by atoms with van der Waals surface area (Å²) in [7, 11) is 0. The van der Waals surface area contributed by atoms with Crippen molar-refractivity contribution in [3.63, 3.8) is 0 Å². The highest BCUT2D eigenvalue weighted by molar-refractivity contribution is 9.11. The molecule has 0 N–H and O–H groups in total. The van der Waals surface area contributed by atoms with Gasteiger partial charge in [0.2, 0.25) is 5.24 Å². The van der Waals surface area contributed by atoms with Crippen molar-refractivity contribution in [2.75, 3.05) is 0 Å². The summed E-state index contributed by atoms with van der Waals surface area (Å²) in [5, 5.41) is -0.285. The molecule has 0 saturated carbocycles. The van der Waals surface area contributed by atoms with Crippen LogP contribution in [0.15, 0.2) is 22.7 Å². The van der Waals surface area contributed by atoms with Crippen molar-refractivity contribution >= 4 is 32.8 Å². The van der Waals surface area contributed by atoms with Crippen LogP contribution in [0.5, 0.6) is 0 Å². The SMILES string of the molecule is O=C(Cl)C1C=CC(Br)=CC1. The zero-order chi connectivity index (χ0) is 7.56. The molecule has 0 aromatic carbocycles. The fourth-order valence-electron chi connectivity index (χ4n) is 0.763. The molecule has 0 fully saturated rings. The Kier molecular flexibility index (Phi) is 2.69. The Morgan fingerprint density at radius 1 is 1.80 bits per heavy atom. The number of carbonyl (C=O) groups excluding carboxylic acids is 1. The molecule has 1 rings (SSSR count). The van der Waals surface area contributed by atoms with Gasteiger partial charge in [-0.05, 0) is 18.0 Å². The first kappa shape index (κ1) is 8.02. The third-order valence-corrected chi connectivity index (χ3v) is 2.21.